The van der Waals surface area contributed by atoms with Crippen LogP contribution in [0.15, 0.2) is 53.7 Å². The minimum absolute atomic E-state index is 0.142. The van der Waals surface area contributed by atoms with Crippen LogP contribution in [-0.2, 0) is 4.79 Å². The van der Waals surface area contributed by atoms with Crippen molar-refractivity contribution >= 4 is 22.4 Å². The Morgan fingerprint density at radius 1 is 1.03 bits per heavy atom. The van der Waals surface area contributed by atoms with Crippen LogP contribution < -0.4 is 14.8 Å². The number of carbonyl (C=O) groups is 1. The predicted molar refractivity (Wildman–Crippen MR) is 110 cm³/mol. The molecule has 3 aliphatic rings. The molecule has 1 aliphatic carbocycles. The highest BCUT2D eigenvalue weighted by atomic mass is 16.7. The zero-order chi connectivity index (χ0) is 19.5. The highest BCUT2D eigenvalue weighted by Gasteiger charge is 2.36. The third kappa shape index (κ3) is 2.47. The van der Waals surface area contributed by atoms with E-state index in [1.165, 1.54) is 0 Å². The summed E-state index contributed by atoms with van der Waals surface area (Å²) < 4.78 is 11.1. The Hall–Kier alpha value is -3.34. The van der Waals surface area contributed by atoms with Gasteiger partial charge in [-0.05, 0) is 61.2 Å². The Bertz CT molecular complexity index is 1230. The number of carbonyl (C=O) groups excluding carboxylic acids is 1. The Morgan fingerprint density at radius 2 is 1.93 bits per heavy atom. The van der Waals surface area contributed by atoms with Gasteiger partial charge in [-0.3, -0.25) is 9.78 Å². The zero-order valence-corrected chi connectivity index (χ0v) is 16.1. The fourth-order valence-corrected chi connectivity index (χ4v) is 4.81. The summed E-state index contributed by atoms with van der Waals surface area (Å²) in [7, 11) is 0. The average Bonchev–Trinajstić information content (AvgIpc) is 3.20. The predicted octanol–water partition coefficient (Wildman–Crippen LogP) is 4.84. The number of anilines is 1. The van der Waals surface area contributed by atoms with Crippen LogP contribution in [-0.4, -0.2) is 17.6 Å². The fraction of sp³-hybridized carbons (Fsp3) is 0.250. The van der Waals surface area contributed by atoms with Crippen LogP contribution >= 0.6 is 0 Å². The number of hydrogen-bond donors (Lipinski definition) is 1. The van der Waals surface area contributed by atoms with Gasteiger partial charge in [0, 0.05) is 40.4 Å². The second-order valence-electron chi connectivity index (χ2n) is 7.89. The van der Waals surface area contributed by atoms with Crippen molar-refractivity contribution in [2.45, 2.75) is 32.1 Å². The number of pyridine rings is 1. The van der Waals surface area contributed by atoms with E-state index in [0.717, 1.165) is 69.0 Å². The summed E-state index contributed by atoms with van der Waals surface area (Å²) in [5.41, 5.74) is 7.08. The van der Waals surface area contributed by atoms with E-state index >= 15 is 0 Å². The Balaban J connectivity index is 1.65. The number of benzene rings is 2. The lowest BCUT2D eigenvalue weighted by molar-refractivity contribution is -0.116. The van der Waals surface area contributed by atoms with Crippen molar-refractivity contribution < 1.29 is 14.3 Å². The van der Waals surface area contributed by atoms with Gasteiger partial charge in [-0.25, -0.2) is 0 Å². The lowest BCUT2D eigenvalue weighted by Gasteiger charge is -2.35. The van der Waals surface area contributed by atoms with Crippen molar-refractivity contribution in [1.29, 1.82) is 0 Å². The number of ketones is 1. The number of nitrogens with one attached hydrogen (secondary N) is 1. The summed E-state index contributed by atoms with van der Waals surface area (Å²) in [6.07, 6.45) is 2.38. The highest BCUT2D eigenvalue weighted by Crippen LogP contribution is 2.49. The minimum Gasteiger partial charge on any atom is -0.454 e. The molecule has 1 N–H and O–H groups in total. The van der Waals surface area contributed by atoms with Gasteiger partial charge in [0.25, 0.3) is 0 Å². The van der Waals surface area contributed by atoms with Gasteiger partial charge < -0.3 is 14.8 Å². The topological polar surface area (TPSA) is 60.5 Å². The number of hydrogen-bond acceptors (Lipinski definition) is 5. The molecule has 3 aromatic rings. The Labute approximate surface area is 168 Å². The molecule has 0 bridgehead atoms. The SMILES string of the molecule is Cc1ccc2c3c(ccc2n1)NC1=C(C(=O)CCC1)[C@@H]3c1ccc2c(c1)OCO2. The van der Waals surface area contributed by atoms with Crippen molar-refractivity contribution in [1.82, 2.24) is 4.98 Å². The molecule has 2 aromatic carbocycles. The van der Waals surface area contributed by atoms with E-state index in [1.54, 1.807) is 0 Å². The van der Waals surface area contributed by atoms with Gasteiger partial charge in [0.1, 0.15) is 0 Å². The second-order valence-corrected chi connectivity index (χ2v) is 7.89. The van der Waals surface area contributed by atoms with Crippen molar-refractivity contribution in [2.24, 2.45) is 0 Å². The van der Waals surface area contributed by atoms with E-state index in [4.69, 9.17) is 14.5 Å². The molecule has 0 unspecified atom stereocenters. The maximum absolute atomic E-state index is 13.1. The molecule has 2 aliphatic heterocycles. The minimum atomic E-state index is -0.142. The third-order valence-electron chi connectivity index (χ3n) is 6.10. The van der Waals surface area contributed by atoms with E-state index in [-0.39, 0.29) is 18.5 Å². The summed E-state index contributed by atoms with van der Waals surface area (Å²) >= 11 is 0. The van der Waals surface area contributed by atoms with Crippen LogP contribution in [0.2, 0.25) is 0 Å². The molecule has 0 spiro atoms. The summed E-state index contributed by atoms with van der Waals surface area (Å²) in [5, 5.41) is 4.64. The molecule has 0 saturated carbocycles. The summed E-state index contributed by atoms with van der Waals surface area (Å²) in [5.74, 6) is 1.57. The van der Waals surface area contributed by atoms with Gasteiger partial charge in [-0.15, -0.1) is 0 Å². The van der Waals surface area contributed by atoms with Crippen molar-refractivity contribution in [2.75, 3.05) is 12.1 Å². The summed E-state index contributed by atoms with van der Waals surface area (Å²) in [6, 6.07) is 14.3. The van der Waals surface area contributed by atoms with Crippen molar-refractivity contribution in [3.05, 3.63) is 70.6 Å². The van der Waals surface area contributed by atoms with E-state index < -0.39 is 0 Å². The number of Topliss-reactive ketones (excluding diaryl/α,β-unsaturated/α-hetero) is 1. The van der Waals surface area contributed by atoms with Crippen molar-refractivity contribution in [3.63, 3.8) is 0 Å². The molecule has 0 radical (unpaired) electrons. The van der Waals surface area contributed by atoms with E-state index in [9.17, 15) is 4.79 Å². The smallest absolute Gasteiger partial charge is 0.231 e. The molecule has 29 heavy (non-hydrogen) atoms. The van der Waals surface area contributed by atoms with Gasteiger partial charge >= 0.3 is 0 Å². The fourth-order valence-electron chi connectivity index (χ4n) is 4.81. The first-order valence-corrected chi connectivity index (χ1v) is 10.0. The summed E-state index contributed by atoms with van der Waals surface area (Å²) in [4.78, 5) is 17.8. The van der Waals surface area contributed by atoms with Gasteiger partial charge in [0.2, 0.25) is 6.79 Å². The molecule has 5 nitrogen and oxygen atoms in total. The van der Waals surface area contributed by atoms with E-state index in [1.807, 2.05) is 25.1 Å². The molecule has 0 saturated heterocycles. The normalized spacial score (nSPS) is 19.8. The molecule has 1 aromatic heterocycles. The van der Waals surface area contributed by atoms with Crippen LogP contribution in [0.1, 0.15) is 42.0 Å². The molecule has 0 amide bonds. The number of fused-ring (bicyclic) bond motifs is 4. The second kappa shape index (κ2) is 6.08. The monoisotopic (exact) mass is 384 g/mol. The molecular formula is C24H20N2O3. The van der Waals surface area contributed by atoms with Gasteiger partial charge in [-0.2, -0.15) is 0 Å². The number of ether oxygens (including phenoxy) is 2. The first-order valence-electron chi connectivity index (χ1n) is 10.0. The number of rotatable bonds is 1. The van der Waals surface area contributed by atoms with Crippen LogP contribution in [0.3, 0.4) is 0 Å². The van der Waals surface area contributed by atoms with Crippen LogP contribution in [0, 0.1) is 6.92 Å². The molecule has 6 rings (SSSR count). The average molecular weight is 384 g/mol. The van der Waals surface area contributed by atoms with Crippen LogP contribution in [0.25, 0.3) is 10.9 Å². The van der Waals surface area contributed by atoms with E-state index in [0.29, 0.717) is 6.42 Å². The van der Waals surface area contributed by atoms with Gasteiger partial charge in [-0.1, -0.05) is 12.1 Å². The van der Waals surface area contributed by atoms with Gasteiger partial charge in [0.05, 0.1) is 5.52 Å². The Morgan fingerprint density at radius 3 is 2.86 bits per heavy atom. The quantitative estimate of drug-likeness (QED) is 0.651. The maximum atomic E-state index is 13.1. The molecule has 3 heterocycles. The molecule has 0 fully saturated rings. The Kier molecular flexibility index (Phi) is 3.48. The van der Waals surface area contributed by atoms with Crippen LogP contribution in [0.5, 0.6) is 11.5 Å². The number of aromatic nitrogens is 1. The lowest BCUT2D eigenvalue weighted by atomic mass is 9.74. The first kappa shape index (κ1) is 16.6. The van der Waals surface area contributed by atoms with E-state index in [2.05, 4.69) is 29.6 Å². The van der Waals surface area contributed by atoms with Gasteiger partial charge in [0.15, 0.2) is 17.3 Å². The molecule has 1 atom stereocenters. The third-order valence-corrected chi connectivity index (χ3v) is 6.10. The molecule has 5 heteroatoms. The highest BCUT2D eigenvalue weighted by molar-refractivity contribution is 6.03. The number of nitrogens with zero attached hydrogens (tertiary/aromatic N) is 1. The maximum Gasteiger partial charge on any atom is 0.231 e. The van der Waals surface area contributed by atoms with Crippen LogP contribution in [0.4, 0.5) is 5.69 Å². The zero-order valence-electron chi connectivity index (χ0n) is 16.1. The lowest BCUT2D eigenvalue weighted by Crippen LogP contribution is -2.27. The van der Waals surface area contributed by atoms with Crippen molar-refractivity contribution in [3.8, 4) is 11.5 Å². The summed E-state index contributed by atoms with van der Waals surface area (Å²) in [6.45, 7) is 2.23. The standard InChI is InChI=1S/C24H20N2O3/c1-13-5-7-15-16(25-13)8-9-18-23(15)22(24-17(26-18)3-2-4-19(24)27)14-6-10-20-21(11-14)29-12-28-20/h5-11,22,26H,2-4,12H2,1H3/t22-/m1/s1. The molecular weight excluding hydrogens is 364 g/mol. The number of aryl methyl sites for hydroxylation is 1. The first-order chi connectivity index (χ1) is 14.2. The largest absolute Gasteiger partial charge is 0.454 e. The molecule has 144 valence electrons. The number of allylic oxidation sites excluding steroid dienone is 2.